The van der Waals surface area contributed by atoms with E-state index < -0.39 is 0 Å². The van der Waals surface area contributed by atoms with Gasteiger partial charge in [-0.05, 0) is 67.1 Å². The zero-order valence-electron chi connectivity index (χ0n) is 12.0. The van der Waals surface area contributed by atoms with Gasteiger partial charge in [-0.1, -0.05) is 20.8 Å². The summed E-state index contributed by atoms with van der Waals surface area (Å²) in [5.74, 6) is 0.138. The van der Waals surface area contributed by atoms with E-state index in [1.54, 1.807) is 4.68 Å². The minimum Gasteiger partial charge on any atom is -0.341 e. The standard InChI is InChI=1S/C13H20Br3N3O/c1-4-7-18(8-5-2)13(20)9(6-3)19-12(16)10(14)11(15)17-19/h9H,4-8H2,1-3H3. The molecule has 0 bridgehead atoms. The molecule has 0 aliphatic carbocycles. The van der Waals surface area contributed by atoms with Crippen LogP contribution < -0.4 is 0 Å². The Balaban J connectivity index is 3.04. The Bertz CT molecular complexity index is 456. The number of aromatic nitrogens is 2. The summed E-state index contributed by atoms with van der Waals surface area (Å²) in [7, 11) is 0. The van der Waals surface area contributed by atoms with Gasteiger partial charge < -0.3 is 4.90 Å². The summed E-state index contributed by atoms with van der Waals surface area (Å²) in [5, 5.41) is 4.40. The largest absolute Gasteiger partial charge is 0.341 e. The Kier molecular flexibility index (Phi) is 7.75. The lowest BCUT2D eigenvalue weighted by molar-refractivity contribution is -0.135. The van der Waals surface area contributed by atoms with Crippen molar-refractivity contribution in [3.63, 3.8) is 0 Å². The van der Waals surface area contributed by atoms with Gasteiger partial charge in [0.1, 0.15) is 15.2 Å². The maximum Gasteiger partial charge on any atom is 0.247 e. The number of carbonyl (C=O) groups excluding carboxylic acids is 1. The van der Waals surface area contributed by atoms with Gasteiger partial charge in [0.25, 0.3) is 0 Å². The lowest BCUT2D eigenvalue weighted by Gasteiger charge is -2.26. The van der Waals surface area contributed by atoms with Crippen LogP contribution in [0.25, 0.3) is 0 Å². The molecule has 0 N–H and O–H groups in total. The Labute approximate surface area is 145 Å². The Morgan fingerprint density at radius 1 is 1.20 bits per heavy atom. The molecule has 20 heavy (non-hydrogen) atoms. The fourth-order valence-corrected chi connectivity index (χ4v) is 3.51. The van der Waals surface area contributed by atoms with Crippen molar-refractivity contribution >= 4 is 53.7 Å². The van der Waals surface area contributed by atoms with Gasteiger partial charge in [0.05, 0.1) is 4.47 Å². The summed E-state index contributed by atoms with van der Waals surface area (Å²) in [5.41, 5.74) is 0. The summed E-state index contributed by atoms with van der Waals surface area (Å²) in [4.78, 5) is 14.7. The molecule has 1 aromatic rings. The molecule has 0 aromatic carbocycles. The van der Waals surface area contributed by atoms with Crippen molar-refractivity contribution in [2.75, 3.05) is 13.1 Å². The molecule has 0 saturated carbocycles. The molecule has 0 saturated heterocycles. The predicted octanol–water partition coefficient (Wildman–Crippen LogP) is 4.77. The van der Waals surface area contributed by atoms with Crippen LogP contribution in [0.2, 0.25) is 0 Å². The summed E-state index contributed by atoms with van der Waals surface area (Å²) >= 11 is 10.3. The molecule has 1 amide bonds. The van der Waals surface area contributed by atoms with Crippen molar-refractivity contribution in [2.24, 2.45) is 0 Å². The van der Waals surface area contributed by atoms with Crippen LogP contribution >= 0.6 is 47.8 Å². The smallest absolute Gasteiger partial charge is 0.247 e. The molecule has 114 valence electrons. The highest BCUT2D eigenvalue weighted by Crippen LogP contribution is 2.33. The van der Waals surface area contributed by atoms with Gasteiger partial charge in [-0.2, -0.15) is 5.10 Å². The van der Waals surface area contributed by atoms with E-state index >= 15 is 0 Å². The molecule has 0 fully saturated rings. The number of hydrogen-bond acceptors (Lipinski definition) is 2. The van der Waals surface area contributed by atoms with Gasteiger partial charge in [-0.15, -0.1) is 0 Å². The Hall–Kier alpha value is 0.120. The van der Waals surface area contributed by atoms with Gasteiger partial charge in [-0.25, -0.2) is 4.68 Å². The third-order valence-electron chi connectivity index (χ3n) is 3.02. The number of hydrogen-bond donors (Lipinski definition) is 0. The molecule has 7 heteroatoms. The van der Waals surface area contributed by atoms with Crippen LogP contribution in [-0.2, 0) is 4.79 Å². The molecule has 1 rings (SSSR count). The molecule has 0 radical (unpaired) electrons. The molecule has 1 unspecified atom stereocenters. The van der Waals surface area contributed by atoms with E-state index in [2.05, 4.69) is 66.7 Å². The van der Waals surface area contributed by atoms with Gasteiger partial charge >= 0.3 is 0 Å². The molecule has 4 nitrogen and oxygen atoms in total. The van der Waals surface area contributed by atoms with Crippen LogP contribution in [0, 0.1) is 0 Å². The van der Waals surface area contributed by atoms with E-state index in [-0.39, 0.29) is 11.9 Å². The molecular weight excluding hydrogens is 454 g/mol. The first-order valence-corrected chi connectivity index (χ1v) is 9.23. The number of amides is 1. The number of nitrogens with zero attached hydrogens (tertiary/aromatic N) is 3. The van der Waals surface area contributed by atoms with Gasteiger partial charge in [-0.3, -0.25) is 4.79 Å². The molecule has 1 heterocycles. The van der Waals surface area contributed by atoms with Crippen molar-refractivity contribution in [1.29, 1.82) is 0 Å². The molecule has 0 aliphatic rings. The molecule has 1 aromatic heterocycles. The second-order valence-corrected chi connectivity index (χ2v) is 6.88. The van der Waals surface area contributed by atoms with Crippen LogP contribution in [0.15, 0.2) is 13.7 Å². The van der Waals surface area contributed by atoms with Crippen molar-refractivity contribution in [3.8, 4) is 0 Å². The van der Waals surface area contributed by atoms with E-state index in [0.717, 1.165) is 35.0 Å². The zero-order chi connectivity index (χ0) is 15.3. The van der Waals surface area contributed by atoms with Crippen LogP contribution in [0.3, 0.4) is 0 Å². The predicted molar refractivity (Wildman–Crippen MR) is 91.8 cm³/mol. The highest BCUT2D eigenvalue weighted by atomic mass is 79.9. The molecule has 0 spiro atoms. The van der Waals surface area contributed by atoms with Crippen molar-refractivity contribution in [1.82, 2.24) is 14.7 Å². The number of rotatable bonds is 7. The third kappa shape index (κ3) is 4.07. The topological polar surface area (TPSA) is 38.1 Å². The van der Waals surface area contributed by atoms with E-state index in [1.807, 2.05) is 11.8 Å². The van der Waals surface area contributed by atoms with Crippen molar-refractivity contribution < 1.29 is 4.79 Å². The molecular formula is C13H20Br3N3O. The highest BCUT2D eigenvalue weighted by molar-refractivity contribution is 9.14. The summed E-state index contributed by atoms with van der Waals surface area (Å²) < 4.78 is 4.07. The minimum absolute atomic E-state index is 0.138. The minimum atomic E-state index is -0.273. The first-order valence-electron chi connectivity index (χ1n) is 6.85. The lowest BCUT2D eigenvalue weighted by atomic mass is 10.2. The first-order chi connectivity index (χ1) is 9.47. The highest BCUT2D eigenvalue weighted by Gasteiger charge is 2.27. The van der Waals surface area contributed by atoms with Crippen LogP contribution in [0.1, 0.15) is 46.1 Å². The Morgan fingerprint density at radius 3 is 2.10 bits per heavy atom. The maximum atomic E-state index is 12.7. The van der Waals surface area contributed by atoms with E-state index in [1.165, 1.54) is 0 Å². The average Bonchev–Trinajstić information content (AvgIpc) is 2.67. The monoisotopic (exact) mass is 471 g/mol. The van der Waals surface area contributed by atoms with Gasteiger partial charge in [0, 0.05) is 13.1 Å². The summed E-state index contributed by atoms with van der Waals surface area (Å²) in [6.07, 6.45) is 2.65. The van der Waals surface area contributed by atoms with Gasteiger partial charge in [0.15, 0.2) is 0 Å². The van der Waals surface area contributed by atoms with E-state index in [0.29, 0.717) is 11.0 Å². The first kappa shape index (κ1) is 18.2. The van der Waals surface area contributed by atoms with Crippen LogP contribution in [-0.4, -0.2) is 33.7 Å². The summed E-state index contributed by atoms with van der Waals surface area (Å²) in [6, 6.07) is -0.273. The van der Waals surface area contributed by atoms with Crippen LogP contribution in [0.5, 0.6) is 0 Å². The fraction of sp³-hybridized carbons (Fsp3) is 0.692. The molecule has 1 atom stereocenters. The second-order valence-electron chi connectivity index (χ2n) is 4.59. The SMILES string of the molecule is CCCN(CCC)C(=O)C(CC)n1nc(Br)c(Br)c1Br. The second kappa shape index (κ2) is 8.54. The van der Waals surface area contributed by atoms with E-state index in [9.17, 15) is 4.79 Å². The van der Waals surface area contributed by atoms with Crippen LogP contribution in [0.4, 0.5) is 0 Å². The number of carbonyl (C=O) groups is 1. The Morgan fingerprint density at radius 2 is 1.75 bits per heavy atom. The van der Waals surface area contributed by atoms with Crippen molar-refractivity contribution in [2.45, 2.75) is 46.1 Å². The van der Waals surface area contributed by atoms with Crippen molar-refractivity contribution in [3.05, 3.63) is 13.7 Å². The van der Waals surface area contributed by atoms with E-state index in [4.69, 9.17) is 0 Å². The quantitative estimate of drug-likeness (QED) is 0.572. The summed E-state index contributed by atoms with van der Waals surface area (Å²) in [6.45, 7) is 7.78. The lowest BCUT2D eigenvalue weighted by Crippen LogP contribution is -2.38. The molecule has 0 aliphatic heterocycles. The normalized spacial score (nSPS) is 12.5. The van der Waals surface area contributed by atoms with Gasteiger partial charge in [0.2, 0.25) is 5.91 Å². The average molecular weight is 474 g/mol. The maximum absolute atomic E-state index is 12.7. The zero-order valence-corrected chi connectivity index (χ0v) is 16.8. The fourth-order valence-electron chi connectivity index (χ4n) is 2.11. The number of halogens is 3. The third-order valence-corrected chi connectivity index (χ3v) is 6.15.